The van der Waals surface area contributed by atoms with Gasteiger partial charge in [-0.2, -0.15) is 0 Å². The predicted octanol–water partition coefficient (Wildman–Crippen LogP) is 3.92. The van der Waals surface area contributed by atoms with Gasteiger partial charge in [-0.25, -0.2) is 14.8 Å². The van der Waals surface area contributed by atoms with E-state index >= 15 is 0 Å². The maximum absolute atomic E-state index is 13.7. The van der Waals surface area contributed by atoms with Gasteiger partial charge in [0.1, 0.15) is 11.7 Å². The number of ether oxygens (including phenoxy) is 2. The minimum atomic E-state index is -0.973. The fraction of sp³-hybridized carbons (Fsp3) is 0.222. The molecule has 0 aromatic heterocycles. The number of carbonyl (C=O) groups is 3. The first-order chi connectivity index (χ1) is 17.0. The van der Waals surface area contributed by atoms with Crippen LogP contribution >= 0.6 is 0 Å². The fourth-order valence-corrected chi connectivity index (χ4v) is 4.60. The van der Waals surface area contributed by atoms with Gasteiger partial charge in [-0.05, 0) is 61.0 Å². The number of para-hydroxylation sites is 1. The van der Waals surface area contributed by atoms with Crippen molar-refractivity contribution >= 4 is 29.2 Å². The summed E-state index contributed by atoms with van der Waals surface area (Å²) in [6, 6.07) is 22.4. The maximum atomic E-state index is 13.7. The second-order valence-corrected chi connectivity index (χ2v) is 8.21. The summed E-state index contributed by atoms with van der Waals surface area (Å²) in [5, 5.41) is 1.62. The topological polar surface area (TPSA) is 85.4 Å². The van der Waals surface area contributed by atoms with Crippen LogP contribution in [0.2, 0.25) is 0 Å². The third-order valence-electron chi connectivity index (χ3n) is 6.21. The van der Waals surface area contributed by atoms with Gasteiger partial charge < -0.3 is 9.47 Å². The second-order valence-electron chi connectivity index (χ2n) is 8.21. The van der Waals surface area contributed by atoms with E-state index in [1.54, 1.807) is 53.6 Å². The monoisotopic (exact) mass is 472 g/mol. The molecule has 178 valence electrons. The lowest BCUT2D eigenvalue weighted by atomic mass is 9.90. The van der Waals surface area contributed by atoms with Crippen molar-refractivity contribution in [1.29, 1.82) is 0 Å². The van der Waals surface area contributed by atoms with Gasteiger partial charge in [0.05, 0.1) is 36.7 Å². The molecule has 0 unspecified atom stereocenters. The number of hydrogen-bond acceptors (Lipinski definition) is 7. The van der Waals surface area contributed by atoms with Crippen LogP contribution < -0.4 is 14.7 Å². The van der Waals surface area contributed by atoms with E-state index < -0.39 is 29.9 Å². The molecule has 2 saturated heterocycles. The van der Waals surface area contributed by atoms with Gasteiger partial charge in [-0.15, -0.1) is 0 Å². The smallest absolute Gasteiger partial charge is 0.337 e. The maximum Gasteiger partial charge on any atom is 0.337 e. The highest BCUT2D eigenvalue weighted by Crippen LogP contribution is 2.47. The number of hydrogen-bond donors (Lipinski definition) is 0. The molecule has 5 rings (SSSR count). The average molecular weight is 472 g/mol. The number of anilines is 2. The summed E-state index contributed by atoms with van der Waals surface area (Å²) < 4.78 is 10.3. The second kappa shape index (κ2) is 9.23. The van der Waals surface area contributed by atoms with E-state index in [1.807, 2.05) is 37.3 Å². The standard InChI is InChI=1S/C27H24N2O6/c1-3-34-21-15-13-19(14-16-21)28-25(30)22-23(17-9-11-18(12-10-17)27(32)33-2)29(35-24(22)26(28)31)20-7-5-4-6-8-20/h4-16,22-24H,3H2,1-2H3/t22-,23+,24-/m1/s1. The number of hydroxylamine groups is 1. The first-order valence-corrected chi connectivity index (χ1v) is 11.3. The Morgan fingerprint density at radius 2 is 1.57 bits per heavy atom. The van der Waals surface area contributed by atoms with Crippen LogP contribution in [-0.4, -0.2) is 37.6 Å². The highest BCUT2D eigenvalue weighted by Gasteiger charge is 2.60. The van der Waals surface area contributed by atoms with E-state index in [0.29, 0.717) is 23.6 Å². The van der Waals surface area contributed by atoms with Gasteiger partial charge in [0, 0.05) is 0 Å². The Kier molecular flexibility index (Phi) is 5.96. The van der Waals surface area contributed by atoms with Gasteiger partial charge in [-0.1, -0.05) is 30.3 Å². The van der Waals surface area contributed by atoms with E-state index in [4.69, 9.17) is 14.3 Å². The average Bonchev–Trinajstić information content (AvgIpc) is 3.41. The fourth-order valence-electron chi connectivity index (χ4n) is 4.60. The van der Waals surface area contributed by atoms with Crippen molar-refractivity contribution in [3.63, 3.8) is 0 Å². The number of amides is 2. The normalized spacial score (nSPS) is 21.3. The Morgan fingerprint density at radius 1 is 0.886 bits per heavy atom. The summed E-state index contributed by atoms with van der Waals surface area (Å²) in [6.45, 7) is 2.40. The van der Waals surface area contributed by atoms with Crippen molar-refractivity contribution < 1.29 is 28.7 Å². The molecule has 8 heteroatoms. The molecule has 3 aromatic carbocycles. The Balaban J connectivity index is 1.52. The molecule has 0 aliphatic carbocycles. The van der Waals surface area contributed by atoms with Gasteiger partial charge in [0.2, 0.25) is 5.91 Å². The lowest BCUT2D eigenvalue weighted by Gasteiger charge is -2.28. The van der Waals surface area contributed by atoms with Crippen LogP contribution in [0.15, 0.2) is 78.9 Å². The molecule has 2 heterocycles. The van der Waals surface area contributed by atoms with Crippen LogP contribution in [0.1, 0.15) is 28.9 Å². The summed E-state index contributed by atoms with van der Waals surface area (Å²) in [7, 11) is 1.32. The Morgan fingerprint density at radius 3 is 2.20 bits per heavy atom. The molecule has 2 aliphatic rings. The summed E-state index contributed by atoms with van der Waals surface area (Å²) in [6.07, 6.45) is -0.973. The van der Waals surface area contributed by atoms with Crippen LogP contribution in [0.5, 0.6) is 5.75 Å². The van der Waals surface area contributed by atoms with Crippen molar-refractivity contribution in [3.05, 3.63) is 90.0 Å². The minimum Gasteiger partial charge on any atom is -0.494 e. The molecule has 2 amide bonds. The third-order valence-corrected chi connectivity index (χ3v) is 6.21. The lowest BCUT2D eigenvalue weighted by molar-refractivity contribution is -0.126. The number of esters is 1. The summed E-state index contributed by atoms with van der Waals surface area (Å²) in [4.78, 5) is 46.3. The van der Waals surface area contributed by atoms with Gasteiger partial charge in [-0.3, -0.25) is 14.4 Å². The van der Waals surface area contributed by atoms with Crippen LogP contribution in [0.3, 0.4) is 0 Å². The van der Waals surface area contributed by atoms with E-state index in [-0.39, 0.29) is 5.91 Å². The predicted molar refractivity (Wildman–Crippen MR) is 128 cm³/mol. The number of rotatable bonds is 6. The molecule has 8 nitrogen and oxygen atoms in total. The van der Waals surface area contributed by atoms with Crippen LogP contribution in [0, 0.1) is 5.92 Å². The lowest BCUT2D eigenvalue weighted by Crippen LogP contribution is -2.37. The molecule has 2 fully saturated rings. The molecule has 0 N–H and O–H groups in total. The quantitative estimate of drug-likeness (QED) is 0.397. The summed E-state index contributed by atoms with van der Waals surface area (Å²) in [5.74, 6) is -1.32. The number of methoxy groups -OCH3 is 1. The Hall–Kier alpha value is -4.17. The van der Waals surface area contributed by atoms with Crippen molar-refractivity contribution in [2.45, 2.75) is 19.1 Å². The van der Waals surface area contributed by atoms with E-state index in [0.717, 1.165) is 11.3 Å². The Bertz CT molecular complexity index is 1240. The first kappa shape index (κ1) is 22.6. The molecular formula is C27H24N2O6. The van der Waals surface area contributed by atoms with Crippen molar-refractivity contribution in [2.24, 2.45) is 5.92 Å². The zero-order valence-corrected chi connectivity index (χ0v) is 19.3. The van der Waals surface area contributed by atoms with Gasteiger partial charge in [0.25, 0.3) is 5.91 Å². The van der Waals surface area contributed by atoms with Crippen LogP contribution in [-0.2, 0) is 19.2 Å². The summed E-state index contributed by atoms with van der Waals surface area (Å²) >= 11 is 0. The molecule has 2 aliphatic heterocycles. The molecule has 3 atom stereocenters. The molecule has 0 radical (unpaired) electrons. The van der Waals surface area contributed by atoms with Crippen LogP contribution in [0.4, 0.5) is 11.4 Å². The molecule has 3 aromatic rings. The largest absolute Gasteiger partial charge is 0.494 e. The number of nitrogens with zero attached hydrogens (tertiary/aromatic N) is 2. The van der Waals surface area contributed by atoms with Gasteiger partial charge >= 0.3 is 5.97 Å². The van der Waals surface area contributed by atoms with Crippen molar-refractivity contribution in [2.75, 3.05) is 23.7 Å². The highest BCUT2D eigenvalue weighted by molar-refractivity contribution is 6.24. The molecule has 0 bridgehead atoms. The zero-order valence-electron chi connectivity index (χ0n) is 19.3. The third kappa shape index (κ3) is 3.91. The SMILES string of the molecule is CCOc1ccc(N2C(=O)[C@H]3[C@@H](ON(c4ccccc4)[C@H]3c3ccc(C(=O)OC)cc3)C2=O)cc1. The number of fused-ring (bicyclic) bond motifs is 1. The Labute approximate surface area is 202 Å². The molecule has 0 spiro atoms. The zero-order chi connectivity index (χ0) is 24.5. The summed E-state index contributed by atoms with van der Waals surface area (Å²) in [5.41, 5.74) is 2.32. The van der Waals surface area contributed by atoms with E-state index in [2.05, 4.69) is 0 Å². The number of carbonyl (C=O) groups excluding carboxylic acids is 3. The van der Waals surface area contributed by atoms with Crippen LogP contribution in [0.25, 0.3) is 0 Å². The molecule has 35 heavy (non-hydrogen) atoms. The minimum absolute atomic E-state index is 0.343. The highest BCUT2D eigenvalue weighted by atomic mass is 16.7. The molecular weight excluding hydrogens is 448 g/mol. The van der Waals surface area contributed by atoms with Crippen molar-refractivity contribution in [1.82, 2.24) is 0 Å². The molecule has 0 saturated carbocycles. The van der Waals surface area contributed by atoms with Crippen molar-refractivity contribution in [3.8, 4) is 5.75 Å². The number of benzene rings is 3. The van der Waals surface area contributed by atoms with Gasteiger partial charge in [0.15, 0.2) is 6.10 Å². The van der Waals surface area contributed by atoms with E-state index in [9.17, 15) is 14.4 Å². The first-order valence-electron chi connectivity index (χ1n) is 11.3. The van der Waals surface area contributed by atoms with E-state index in [1.165, 1.54) is 12.0 Å². The number of imide groups is 1.